The van der Waals surface area contributed by atoms with E-state index in [0.29, 0.717) is 39.4 Å². The van der Waals surface area contributed by atoms with Gasteiger partial charge in [-0.2, -0.15) is 0 Å². The predicted octanol–water partition coefficient (Wildman–Crippen LogP) is 6.79. The second-order valence-corrected chi connectivity index (χ2v) is 10.5. The van der Waals surface area contributed by atoms with Crippen molar-refractivity contribution in [2.45, 2.75) is 39.7 Å². The van der Waals surface area contributed by atoms with Crippen molar-refractivity contribution in [1.29, 1.82) is 0 Å². The maximum Gasteiger partial charge on any atom is 0.260 e. The molecule has 41 heavy (non-hydrogen) atoms. The number of hydrogen-bond donors (Lipinski definition) is 1. The number of nitrogens with zero attached hydrogens (tertiary/aromatic N) is 3. The van der Waals surface area contributed by atoms with E-state index in [2.05, 4.69) is 15.3 Å². The van der Waals surface area contributed by atoms with Gasteiger partial charge in [0.15, 0.2) is 0 Å². The van der Waals surface area contributed by atoms with Crippen molar-refractivity contribution >= 4 is 28.7 Å². The van der Waals surface area contributed by atoms with Crippen LogP contribution in [0.15, 0.2) is 71.1 Å². The molecule has 1 aliphatic carbocycles. The van der Waals surface area contributed by atoms with Gasteiger partial charge in [0.2, 0.25) is 5.95 Å². The van der Waals surface area contributed by atoms with Crippen LogP contribution in [0.5, 0.6) is 0 Å². The van der Waals surface area contributed by atoms with Crippen LogP contribution in [0.3, 0.4) is 0 Å². The van der Waals surface area contributed by atoms with Crippen molar-refractivity contribution < 1.29 is 18.4 Å². The highest BCUT2D eigenvalue weighted by Gasteiger charge is 2.36. The monoisotopic (exact) mass is 548 g/mol. The molecule has 0 unspecified atom stereocenters. The van der Waals surface area contributed by atoms with Crippen molar-refractivity contribution in [1.82, 2.24) is 15.3 Å². The molecule has 0 spiro atoms. The van der Waals surface area contributed by atoms with Crippen molar-refractivity contribution in [3.05, 3.63) is 101 Å². The van der Waals surface area contributed by atoms with E-state index in [1.807, 2.05) is 63.2 Å². The summed E-state index contributed by atoms with van der Waals surface area (Å²) in [5, 5.41) is 3.32. The van der Waals surface area contributed by atoms with Gasteiger partial charge in [-0.3, -0.25) is 14.5 Å². The minimum Gasteiger partial charge on any atom is -0.455 e. The third-order valence-corrected chi connectivity index (χ3v) is 7.36. The number of anilines is 1. The average molecular weight is 549 g/mol. The zero-order valence-electron chi connectivity index (χ0n) is 23.3. The first kappa shape index (κ1) is 26.4. The number of aromatic nitrogens is 2. The van der Waals surface area contributed by atoms with Gasteiger partial charge in [0.05, 0.1) is 5.56 Å². The zero-order chi connectivity index (χ0) is 28.8. The molecular formula is C33H29FN4O3. The quantitative estimate of drug-likeness (QED) is 0.252. The molecule has 3 aromatic carbocycles. The molecule has 5 aromatic rings. The van der Waals surface area contributed by atoms with E-state index < -0.39 is 0 Å². The summed E-state index contributed by atoms with van der Waals surface area (Å²) >= 11 is 0. The van der Waals surface area contributed by atoms with Gasteiger partial charge in [-0.05, 0) is 105 Å². The first-order valence-corrected chi connectivity index (χ1v) is 13.5. The highest BCUT2D eigenvalue weighted by molar-refractivity contribution is 6.12. The van der Waals surface area contributed by atoms with Crippen LogP contribution in [0.1, 0.15) is 50.5 Å². The number of carbonyl (C=O) groups excluding carboxylic acids is 2. The number of carbonyl (C=O) groups is 2. The molecule has 0 atom stereocenters. The Balaban J connectivity index is 1.44. The Kier molecular flexibility index (Phi) is 6.61. The summed E-state index contributed by atoms with van der Waals surface area (Å²) < 4.78 is 19.7. The molecule has 1 saturated carbocycles. The Labute approximate surface area is 237 Å². The number of aryl methyl sites for hydroxylation is 3. The molecule has 1 aliphatic rings. The largest absolute Gasteiger partial charge is 0.455 e. The summed E-state index contributed by atoms with van der Waals surface area (Å²) in [6.45, 7) is 5.79. The topological polar surface area (TPSA) is 88.3 Å². The van der Waals surface area contributed by atoms with Crippen molar-refractivity contribution in [2.24, 2.45) is 0 Å². The lowest BCUT2D eigenvalue weighted by Gasteiger charge is -2.22. The van der Waals surface area contributed by atoms with E-state index in [1.54, 1.807) is 24.1 Å². The molecule has 0 bridgehead atoms. The van der Waals surface area contributed by atoms with E-state index in [1.165, 1.54) is 12.1 Å². The number of benzene rings is 3. The third kappa shape index (κ3) is 4.97. The van der Waals surface area contributed by atoms with Gasteiger partial charge in [0, 0.05) is 41.0 Å². The minimum atomic E-state index is -0.372. The van der Waals surface area contributed by atoms with E-state index in [4.69, 9.17) is 4.42 Å². The van der Waals surface area contributed by atoms with Gasteiger partial charge in [0.1, 0.15) is 17.2 Å². The molecule has 1 fully saturated rings. The van der Waals surface area contributed by atoms with Crippen LogP contribution in [0.2, 0.25) is 0 Å². The van der Waals surface area contributed by atoms with Crippen molar-refractivity contribution in [2.75, 3.05) is 11.9 Å². The summed E-state index contributed by atoms with van der Waals surface area (Å²) in [7, 11) is 1.56. The van der Waals surface area contributed by atoms with Crippen LogP contribution in [-0.4, -0.2) is 34.9 Å². The highest BCUT2D eigenvalue weighted by atomic mass is 19.1. The second kappa shape index (κ2) is 10.3. The molecule has 2 amide bonds. The van der Waals surface area contributed by atoms with E-state index in [9.17, 15) is 14.0 Å². The Morgan fingerprint density at radius 1 is 0.902 bits per heavy atom. The lowest BCUT2D eigenvalue weighted by Crippen LogP contribution is -2.35. The number of furan rings is 1. The van der Waals surface area contributed by atoms with Crippen LogP contribution in [0.4, 0.5) is 10.3 Å². The summed E-state index contributed by atoms with van der Waals surface area (Å²) in [4.78, 5) is 37.7. The van der Waals surface area contributed by atoms with E-state index in [-0.39, 0.29) is 23.7 Å². The number of halogens is 1. The maximum atomic E-state index is 13.9. The molecule has 2 aromatic heterocycles. The standard InChI is InChI=1S/C33H29FN4O3/c1-18-5-6-23(32(40)38(25-12-13-25)33-36-19(2)15-20(3)37-33)17-26(18)22-9-14-28-27(16-22)29(31(39)35-4)30(41-28)21-7-10-24(34)11-8-21/h5-11,14-17,25H,12-13H2,1-4H3,(H,35,39). The Morgan fingerprint density at radius 3 is 2.24 bits per heavy atom. The van der Waals surface area contributed by atoms with E-state index in [0.717, 1.165) is 40.9 Å². The highest BCUT2D eigenvalue weighted by Crippen LogP contribution is 2.38. The Morgan fingerprint density at radius 2 is 1.59 bits per heavy atom. The van der Waals surface area contributed by atoms with Gasteiger partial charge in [-0.1, -0.05) is 12.1 Å². The third-order valence-electron chi connectivity index (χ3n) is 7.36. The van der Waals surface area contributed by atoms with Crippen molar-refractivity contribution in [3.63, 3.8) is 0 Å². The molecule has 0 saturated heterocycles. The van der Waals surface area contributed by atoms with Crippen LogP contribution in [-0.2, 0) is 0 Å². The lowest BCUT2D eigenvalue weighted by atomic mass is 9.95. The number of amides is 2. The molecule has 206 valence electrons. The molecule has 2 heterocycles. The Hall–Kier alpha value is -4.85. The predicted molar refractivity (Wildman–Crippen MR) is 157 cm³/mol. The molecule has 7 nitrogen and oxygen atoms in total. The second-order valence-electron chi connectivity index (χ2n) is 10.5. The van der Waals surface area contributed by atoms with E-state index >= 15 is 0 Å². The summed E-state index contributed by atoms with van der Waals surface area (Å²) in [6, 6.07) is 19.1. The number of hydrogen-bond acceptors (Lipinski definition) is 5. The Bertz CT molecular complexity index is 1800. The minimum absolute atomic E-state index is 0.0794. The first-order valence-electron chi connectivity index (χ1n) is 13.5. The number of nitrogens with one attached hydrogen (secondary N) is 1. The molecule has 8 heteroatoms. The fraction of sp³-hybridized carbons (Fsp3) is 0.212. The van der Waals surface area contributed by atoms with Gasteiger partial charge in [-0.25, -0.2) is 14.4 Å². The van der Waals surface area contributed by atoms with Crippen LogP contribution >= 0.6 is 0 Å². The fourth-order valence-electron chi connectivity index (χ4n) is 5.19. The SMILES string of the molecule is CNC(=O)c1c(-c2ccc(F)cc2)oc2ccc(-c3cc(C(=O)N(c4nc(C)cc(C)n4)C4CC4)ccc3C)cc12. The molecule has 6 rings (SSSR count). The van der Waals surface area contributed by atoms with Crippen LogP contribution in [0, 0.1) is 26.6 Å². The first-order chi connectivity index (χ1) is 19.7. The normalized spacial score (nSPS) is 12.9. The van der Waals surface area contributed by atoms with Gasteiger partial charge >= 0.3 is 0 Å². The maximum absolute atomic E-state index is 13.9. The van der Waals surface area contributed by atoms with Gasteiger partial charge in [-0.15, -0.1) is 0 Å². The van der Waals surface area contributed by atoms with Crippen LogP contribution < -0.4 is 10.2 Å². The molecular weight excluding hydrogens is 519 g/mol. The van der Waals surface area contributed by atoms with Gasteiger partial charge in [0.25, 0.3) is 11.8 Å². The molecule has 1 N–H and O–H groups in total. The molecule has 0 radical (unpaired) electrons. The van der Waals surface area contributed by atoms with Crippen LogP contribution in [0.25, 0.3) is 33.4 Å². The van der Waals surface area contributed by atoms with Crippen molar-refractivity contribution in [3.8, 4) is 22.5 Å². The fourth-order valence-corrected chi connectivity index (χ4v) is 5.19. The lowest BCUT2D eigenvalue weighted by molar-refractivity contribution is 0.0961. The zero-order valence-corrected chi connectivity index (χ0v) is 23.3. The number of fused-ring (bicyclic) bond motifs is 1. The molecule has 0 aliphatic heterocycles. The average Bonchev–Trinajstić information content (AvgIpc) is 3.71. The number of rotatable bonds is 6. The smallest absolute Gasteiger partial charge is 0.260 e. The summed E-state index contributed by atoms with van der Waals surface area (Å²) in [5.74, 6) is -0.0313. The van der Waals surface area contributed by atoms with Gasteiger partial charge < -0.3 is 9.73 Å². The summed E-state index contributed by atoms with van der Waals surface area (Å²) in [6.07, 6.45) is 1.83. The summed E-state index contributed by atoms with van der Waals surface area (Å²) in [5.41, 5.74) is 6.34.